The highest BCUT2D eigenvalue weighted by Crippen LogP contribution is 2.44. The molecule has 1 aliphatic heterocycles. The monoisotopic (exact) mass is 463 g/mol. The van der Waals surface area contributed by atoms with Crippen molar-refractivity contribution >= 4 is 17.7 Å². The zero-order valence-corrected chi connectivity index (χ0v) is 19.2. The minimum Gasteiger partial charge on any atom is -0.502 e. The Balaban J connectivity index is 1.63. The van der Waals surface area contributed by atoms with Gasteiger partial charge in [-0.3, -0.25) is 9.78 Å². The molecule has 8 heteroatoms. The minimum atomic E-state index is -0.359. The number of nitrogens with zero attached hydrogens (tertiary/aromatic N) is 2. The molecule has 0 saturated carbocycles. The van der Waals surface area contributed by atoms with E-state index >= 15 is 0 Å². The number of carbonyl (C=O) groups excluding carboxylic acids is 1. The SMILES string of the molecule is COc1cc(C=C2c3ccc(F)cc3C(CC(=O)NCc3cccnc3)N2C)cc(OC)c1O. The number of phenolic OH excluding ortho intramolecular Hbond substituents is 1. The Bertz CT molecular complexity index is 1200. The van der Waals surface area contributed by atoms with Crippen molar-refractivity contribution in [2.75, 3.05) is 21.3 Å². The number of aromatic nitrogens is 1. The van der Waals surface area contributed by atoms with Crippen LogP contribution in [0.3, 0.4) is 0 Å². The molecule has 1 aliphatic rings. The van der Waals surface area contributed by atoms with Gasteiger partial charge in [0.05, 0.1) is 26.7 Å². The van der Waals surface area contributed by atoms with E-state index in [1.54, 1.807) is 30.6 Å². The fourth-order valence-electron chi connectivity index (χ4n) is 4.14. The van der Waals surface area contributed by atoms with Crippen molar-refractivity contribution in [3.05, 3.63) is 82.9 Å². The van der Waals surface area contributed by atoms with E-state index in [-0.39, 0.29) is 41.4 Å². The number of methoxy groups -OCH3 is 2. The van der Waals surface area contributed by atoms with Crippen LogP contribution in [0.4, 0.5) is 4.39 Å². The Morgan fingerprint density at radius 2 is 1.94 bits per heavy atom. The molecule has 2 aromatic carbocycles. The Morgan fingerprint density at radius 1 is 1.21 bits per heavy atom. The van der Waals surface area contributed by atoms with Crippen molar-refractivity contribution in [1.29, 1.82) is 0 Å². The number of benzene rings is 2. The molecule has 0 fully saturated rings. The van der Waals surface area contributed by atoms with Crippen LogP contribution in [0.5, 0.6) is 17.2 Å². The van der Waals surface area contributed by atoms with Crippen LogP contribution in [0.1, 0.15) is 34.7 Å². The van der Waals surface area contributed by atoms with Gasteiger partial charge in [-0.2, -0.15) is 0 Å². The summed E-state index contributed by atoms with van der Waals surface area (Å²) in [5, 5.41) is 13.1. The predicted molar refractivity (Wildman–Crippen MR) is 127 cm³/mol. The highest BCUT2D eigenvalue weighted by atomic mass is 19.1. The van der Waals surface area contributed by atoms with E-state index in [9.17, 15) is 14.3 Å². The minimum absolute atomic E-state index is 0.0856. The lowest BCUT2D eigenvalue weighted by molar-refractivity contribution is -0.122. The number of pyridine rings is 1. The molecular formula is C26H26FN3O4. The normalized spacial score (nSPS) is 15.8. The standard InChI is InChI=1S/C26H26FN3O4/c1-30-21(9-17-10-23(33-2)26(32)24(11-17)34-3)19-7-6-18(27)12-20(19)22(30)13-25(31)29-15-16-5-4-8-28-14-16/h4-12,14,22,32H,13,15H2,1-3H3,(H,29,31). The number of aromatic hydroxyl groups is 1. The summed E-state index contributed by atoms with van der Waals surface area (Å²) in [6.07, 6.45) is 5.44. The number of carbonyl (C=O) groups is 1. The average Bonchev–Trinajstić information content (AvgIpc) is 3.09. The van der Waals surface area contributed by atoms with Crippen molar-refractivity contribution in [3.8, 4) is 17.2 Å². The highest BCUT2D eigenvalue weighted by molar-refractivity contribution is 5.87. The van der Waals surface area contributed by atoms with Gasteiger partial charge in [-0.1, -0.05) is 6.07 Å². The first-order valence-corrected chi connectivity index (χ1v) is 10.8. The second-order valence-corrected chi connectivity index (χ2v) is 8.00. The summed E-state index contributed by atoms with van der Waals surface area (Å²) in [7, 11) is 4.80. The Kier molecular flexibility index (Phi) is 6.67. The van der Waals surface area contributed by atoms with E-state index in [4.69, 9.17) is 9.47 Å². The van der Waals surface area contributed by atoms with Crippen molar-refractivity contribution in [2.45, 2.75) is 19.0 Å². The van der Waals surface area contributed by atoms with Gasteiger partial charge in [0, 0.05) is 37.2 Å². The summed E-state index contributed by atoms with van der Waals surface area (Å²) in [4.78, 5) is 18.8. The first-order chi connectivity index (χ1) is 16.4. The predicted octanol–water partition coefficient (Wildman–Crippen LogP) is 4.13. The number of rotatable bonds is 7. The van der Waals surface area contributed by atoms with Gasteiger partial charge in [0.15, 0.2) is 11.5 Å². The summed E-state index contributed by atoms with van der Waals surface area (Å²) >= 11 is 0. The molecule has 176 valence electrons. The molecular weight excluding hydrogens is 437 g/mol. The largest absolute Gasteiger partial charge is 0.502 e. The van der Waals surface area contributed by atoms with E-state index in [1.807, 2.05) is 30.2 Å². The van der Waals surface area contributed by atoms with Crippen molar-refractivity contribution in [2.24, 2.45) is 0 Å². The number of ether oxygens (including phenoxy) is 2. The number of fused-ring (bicyclic) bond motifs is 1. The van der Waals surface area contributed by atoms with Crippen LogP contribution in [0.15, 0.2) is 54.9 Å². The summed E-state index contributed by atoms with van der Waals surface area (Å²) in [5.74, 6) is -0.0418. The third-order valence-electron chi connectivity index (χ3n) is 5.89. The maximum absolute atomic E-state index is 14.2. The van der Waals surface area contributed by atoms with Crippen molar-refractivity contribution < 1.29 is 23.8 Å². The van der Waals surface area contributed by atoms with Crippen LogP contribution in [-0.4, -0.2) is 42.2 Å². The quantitative estimate of drug-likeness (QED) is 0.548. The van der Waals surface area contributed by atoms with Crippen molar-refractivity contribution in [3.63, 3.8) is 0 Å². The molecule has 1 unspecified atom stereocenters. The first-order valence-electron chi connectivity index (χ1n) is 10.8. The van der Waals surface area contributed by atoms with Gasteiger partial charge < -0.3 is 24.8 Å². The third-order valence-corrected chi connectivity index (χ3v) is 5.89. The molecule has 3 aromatic rings. The van der Waals surface area contributed by atoms with Crippen LogP contribution in [0.2, 0.25) is 0 Å². The van der Waals surface area contributed by atoms with E-state index < -0.39 is 0 Å². The van der Waals surface area contributed by atoms with Gasteiger partial charge in [0.25, 0.3) is 0 Å². The molecule has 1 amide bonds. The van der Waals surface area contributed by atoms with Gasteiger partial charge in [-0.25, -0.2) is 4.39 Å². The molecule has 1 atom stereocenters. The zero-order chi connectivity index (χ0) is 24.2. The summed E-state index contributed by atoms with van der Waals surface area (Å²) in [6.45, 7) is 0.370. The van der Waals surface area contributed by atoms with Gasteiger partial charge in [0.2, 0.25) is 11.7 Å². The van der Waals surface area contributed by atoms with Crippen LogP contribution in [0.25, 0.3) is 11.8 Å². The second kappa shape index (κ2) is 9.82. The zero-order valence-electron chi connectivity index (χ0n) is 19.2. The van der Waals surface area contributed by atoms with E-state index in [1.165, 1.54) is 26.4 Å². The van der Waals surface area contributed by atoms with Crippen LogP contribution < -0.4 is 14.8 Å². The molecule has 34 heavy (non-hydrogen) atoms. The average molecular weight is 464 g/mol. The van der Waals surface area contributed by atoms with Gasteiger partial charge in [-0.05, 0) is 59.2 Å². The Labute approximate surface area is 197 Å². The molecule has 2 heterocycles. The van der Waals surface area contributed by atoms with Gasteiger partial charge in [0.1, 0.15) is 5.82 Å². The summed E-state index contributed by atoms with van der Waals surface area (Å²) < 4.78 is 24.7. The Morgan fingerprint density at radius 3 is 2.59 bits per heavy atom. The number of hydrogen-bond donors (Lipinski definition) is 2. The number of phenols is 1. The van der Waals surface area contributed by atoms with Crippen molar-refractivity contribution in [1.82, 2.24) is 15.2 Å². The van der Waals surface area contributed by atoms with E-state index in [2.05, 4.69) is 10.3 Å². The lowest BCUT2D eigenvalue weighted by Crippen LogP contribution is -2.28. The molecule has 2 N–H and O–H groups in total. The fourth-order valence-corrected chi connectivity index (χ4v) is 4.14. The molecule has 0 radical (unpaired) electrons. The molecule has 7 nitrogen and oxygen atoms in total. The molecule has 0 spiro atoms. The van der Waals surface area contributed by atoms with Crippen LogP contribution >= 0.6 is 0 Å². The second-order valence-electron chi connectivity index (χ2n) is 8.00. The molecule has 0 bridgehead atoms. The van der Waals surface area contributed by atoms with E-state index in [0.717, 1.165) is 28.0 Å². The third kappa shape index (κ3) is 4.66. The Hall–Kier alpha value is -4.07. The topological polar surface area (TPSA) is 83.9 Å². The maximum atomic E-state index is 14.2. The highest BCUT2D eigenvalue weighted by Gasteiger charge is 2.33. The molecule has 1 aromatic heterocycles. The number of halogens is 1. The smallest absolute Gasteiger partial charge is 0.222 e. The van der Waals surface area contributed by atoms with E-state index in [0.29, 0.717) is 6.54 Å². The summed E-state index contributed by atoms with van der Waals surface area (Å²) in [5.41, 5.74) is 4.01. The van der Waals surface area contributed by atoms with Gasteiger partial charge in [-0.15, -0.1) is 0 Å². The fraction of sp³-hybridized carbons (Fsp3) is 0.231. The molecule has 4 rings (SSSR count). The lowest BCUT2D eigenvalue weighted by atomic mass is 10.0. The number of amides is 1. The first kappa shape index (κ1) is 23.1. The lowest BCUT2D eigenvalue weighted by Gasteiger charge is -2.23. The van der Waals surface area contributed by atoms with Gasteiger partial charge >= 0.3 is 0 Å². The summed E-state index contributed by atoms with van der Waals surface area (Å²) in [6, 6.07) is 11.3. The molecule has 0 saturated heterocycles. The molecule has 0 aliphatic carbocycles. The van der Waals surface area contributed by atoms with Crippen LogP contribution in [0, 0.1) is 5.82 Å². The number of nitrogens with one attached hydrogen (secondary N) is 1. The van der Waals surface area contributed by atoms with Crippen LogP contribution in [-0.2, 0) is 11.3 Å². The number of hydrogen-bond acceptors (Lipinski definition) is 6. The maximum Gasteiger partial charge on any atom is 0.222 e.